The molecule has 3 aromatic rings. The normalized spacial score (nSPS) is 21.7. The number of nitrogens with zero attached hydrogens (tertiary/aromatic N) is 5. The SMILES string of the molecule is C[C@@H](O[C@H]1OCCN(Cn2nncc2CN2CCOCC2)[C@H]1c1ccc(F)cc1)c1cc(C(F)(F)F)cc(C(F)(F)F)c1. The molecule has 0 unspecified atom stereocenters. The van der Waals surface area contributed by atoms with E-state index < -0.39 is 47.7 Å². The maximum Gasteiger partial charge on any atom is 0.416 e. The van der Waals surface area contributed by atoms with E-state index in [4.69, 9.17) is 14.2 Å². The zero-order chi connectivity index (χ0) is 30.8. The first-order valence-corrected chi connectivity index (χ1v) is 13.6. The first kappa shape index (κ1) is 31.3. The van der Waals surface area contributed by atoms with E-state index in [2.05, 4.69) is 15.2 Å². The molecule has 3 atom stereocenters. The zero-order valence-electron chi connectivity index (χ0n) is 23.1. The number of rotatable bonds is 8. The van der Waals surface area contributed by atoms with Gasteiger partial charge in [-0.05, 0) is 48.4 Å². The molecule has 0 spiro atoms. The summed E-state index contributed by atoms with van der Waals surface area (Å²) in [6.07, 6.45) is -10.7. The Morgan fingerprint density at radius 1 is 0.930 bits per heavy atom. The van der Waals surface area contributed by atoms with Crippen LogP contribution in [0.1, 0.15) is 47.0 Å². The minimum absolute atomic E-state index is 0.0724. The molecule has 5 rings (SSSR count). The molecule has 2 aliphatic heterocycles. The molecular weight excluding hydrogens is 587 g/mol. The summed E-state index contributed by atoms with van der Waals surface area (Å²) in [5, 5.41) is 8.29. The highest BCUT2D eigenvalue weighted by Crippen LogP contribution is 2.39. The van der Waals surface area contributed by atoms with Crippen molar-refractivity contribution in [1.82, 2.24) is 24.8 Å². The van der Waals surface area contributed by atoms with Gasteiger partial charge in [0.05, 0.1) is 61.7 Å². The van der Waals surface area contributed by atoms with E-state index in [0.29, 0.717) is 44.0 Å². The van der Waals surface area contributed by atoms with Crippen molar-refractivity contribution in [1.29, 1.82) is 0 Å². The standard InChI is InChI=1S/C28H30F7N5O3/c1-18(20-12-21(27(30,31)32)14-22(13-20)28(33,34)35)43-26-25(19-2-4-23(29)5-3-19)39(8-11-42-26)17-40-24(15-36-37-40)16-38-6-9-41-10-7-38/h2-5,12-15,18,25-26H,6-11,16-17H2,1H3/t18-,25+,26-/m1/s1. The Bertz CT molecular complexity index is 1330. The topological polar surface area (TPSA) is 64.9 Å². The molecule has 43 heavy (non-hydrogen) atoms. The number of alkyl halides is 6. The van der Waals surface area contributed by atoms with Crippen LogP contribution in [0.15, 0.2) is 48.7 Å². The fraction of sp³-hybridized carbons (Fsp3) is 0.500. The van der Waals surface area contributed by atoms with Gasteiger partial charge in [-0.3, -0.25) is 9.80 Å². The number of hydrogen-bond acceptors (Lipinski definition) is 7. The monoisotopic (exact) mass is 617 g/mol. The van der Waals surface area contributed by atoms with E-state index in [9.17, 15) is 30.7 Å². The van der Waals surface area contributed by atoms with Gasteiger partial charge in [-0.15, -0.1) is 5.10 Å². The molecule has 0 saturated carbocycles. The van der Waals surface area contributed by atoms with E-state index in [1.54, 1.807) is 10.9 Å². The van der Waals surface area contributed by atoms with Crippen molar-refractivity contribution in [3.63, 3.8) is 0 Å². The average molecular weight is 618 g/mol. The number of benzene rings is 2. The average Bonchev–Trinajstić information content (AvgIpc) is 3.39. The van der Waals surface area contributed by atoms with E-state index in [-0.39, 0.29) is 24.9 Å². The van der Waals surface area contributed by atoms with Crippen molar-refractivity contribution in [3.8, 4) is 0 Å². The third kappa shape index (κ3) is 7.70. The highest BCUT2D eigenvalue weighted by Gasteiger charge is 2.39. The van der Waals surface area contributed by atoms with Crippen molar-refractivity contribution in [3.05, 3.63) is 82.4 Å². The molecular formula is C28H30F7N5O3. The van der Waals surface area contributed by atoms with E-state index in [1.165, 1.54) is 31.2 Å². The number of ether oxygens (including phenoxy) is 3. The summed E-state index contributed by atoms with van der Waals surface area (Å²) in [6, 6.07) is 6.22. The van der Waals surface area contributed by atoms with Gasteiger partial charge < -0.3 is 14.2 Å². The Morgan fingerprint density at radius 3 is 2.21 bits per heavy atom. The van der Waals surface area contributed by atoms with Crippen molar-refractivity contribution in [2.45, 2.75) is 50.9 Å². The van der Waals surface area contributed by atoms with Crippen molar-refractivity contribution >= 4 is 0 Å². The van der Waals surface area contributed by atoms with Gasteiger partial charge in [-0.1, -0.05) is 17.3 Å². The maximum atomic E-state index is 13.8. The molecule has 2 aliphatic rings. The Balaban J connectivity index is 1.42. The number of halogens is 7. The summed E-state index contributed by atoms with van der Waals surface area (Å²) in [7, 11) is 0. The second-order valence-corrected chi connectivity index (χ2v) is 10.4. The number of aromatic nitrogens is 3. The summed E-state index contributed by atoms with van der Waals surface area (Å²) >= 11 is 0. The second kappa shape index (κ2) is 12.9. The third-order valence-corrected chi connectivity index (χ3v) is 7.44. The molecule has 3 heterocycles. The van der Waals surface area contributed by atoms with Crippen molar-refractivity contribution in [2.24, 2.45) is 0 Å². The van der Waals surface area contributed by atoms with Crippen molar-refractivity contribution < 1.29 is 44.9 Å². The van der Waals surface area contributed by atoms with Crippen LogP contribution in [0, 0.1) is 5.82 Å². The lowest BCUT2D eigenvalue weighted by molar-refractivity contribution is -0.234. The Morgan fingerprint density at radius 2 is 1.58 bits per heavy atom. The lowest BCUT2D eigenvalue weighted by Gasteiger charge is -2.42. The fourth-order valence-corrected chi connectivity index (χ4v) is 5.16. The van der Waals surface area contributed by atoms with Crippen LogP contribution >= 0.6 is 0 Å². The van der Waals surface area contributed by atoms with Crippen LogP contribution in [0.25, 0.3) is 0 Å². The highest BCUT2D eigenvalue weighted by atomic mass is 19.4. The van der Waals surface area contributed by atoms with Gasteiger partial charge in [0.2, 0.25) is 0 Å². The maximum absolute atomic E-state index is 13.8. The van der Waals surface area contributed by atoms with Crippen molar-refractivity contribution in [2.75, 3.05) is 39.5 Å². The van der Waals surface area contributed by atoms with Crippen LogP contribution in [0.5, 0.6) is 0 Å². The van der Waals surface area contributed by atoms with Crippen LogP contribution in [0.4, 0.5) is 30.7 Å². The third-order valence-electron chi connectivity index (χ3n) is 7.44. The molecule has 0 bridgehead atoms. The molecule has 234 valence electrons. The first-order valence-electron chi connectivity index (χ1n) is 13.6. The Hall–Kier alpha value is -3.11. The van der Waals surface area contributed by atoms with Gasteiger partial charge in [-0.25, -0.2) is 9.07 Å². The summed E-state index contributed by atoms with van der Waals surface area (Å²) in [5.74, 6) is -0.481. The Kier molecular flexibility index (Phi) is 9.37. The number of hydrogen-bond donors (Lipinski definition) is 0. The molecule has 2 saturated heterocycles. The minimum Gasteiger partial charge on any atom is -0.379 e. The smallest absolute Gasteiger partial charge is 0.379 e. The largest absolute Gasteiger partial charge is 0.416 e. The number of morpholine rings is 2. The van der Waals surface area contributed by atoms with Gasteiger partial charge in [0.25, 0.3) is 0 Å². The van der Waals surface area contributed by atoms with Crippen LogP contribution in [-0.4, -0.2) is 70.5 Å². The highest BCUT2D eigenvalue weighted by molar-refractivity contribution is 5.34. The molecule has 0 aliphatic carbocycles. The quantitative estimate of drug-likeness (QED) is 0.313. The van der Waals surface area contributed by atoms with Gasteiger partial charge in [0.15, 0.2) is 6.29 Å². The van der Waals surface area contributed by atoms with E-state index >= 15 is 0 Å². The van der Waals surface area contributed by atoms with E-state index in [0.717, 1.165) is 18.8 Å². The zero-order valence-corrected chi connectivity index (χ0v) is 23.1. The van der Waals surface area contributed by atoms with Crippen LogP contribution < -0.4 is 0 Å². The van der Waals surface area contributed by atoms with Crippen LogP contribution in [-0.2, 0) is 39.8 Å². The Labute approximate surface area is 242 Å². The predicted molar refractivity (Wildman–Crippen MR) is 138 cm³/mol. The molecule has 2 aromatic carbocycles. The summed E-state index contributed by atoms with van der Waals surface area (Å²) in [6.45, 7) is 5.43. The molecule has 8 nitrogen and oxygen atoms in total. The molecule has 0 radical (unpaired) electrons. The molecule has 2 fully saturated rings. The fourth-order valence-electron chi connectivity index (χ4n) is 5.16. The van der Waals surface area contributed by atoms with E-state index in [1.807, 2.05) is 4.90 Å². The summed E-state index contributed by atoms with van der Waals surface area (Å²) in [5.41, 5.74) is -1.78. The second-order valence-electron chi connectivity index (χ2n) is 10.4. The van der Waals surface area contributed by atoms with Crippen LogP contribution in [0.2, 0.25) is 0 Å². The lowest BCUT2D eigenvalue weighted by Crippen LogP contribution is -2.47. The van der Waals surface area contributed by atoms with Gasteiger partial charge in [0.1, 0.15) is 5.82 Å². The van der Waals surface area contributed by atoms with Gasteiger partial charge >= 0.3 is 12.4 Å². The summed E-state index contributed by atoms with van der Waals surface area (Å²) in [4.78, 5) is 4.15. The molecule has 15 heteroatoms. The van der Waals surface area contributed by atoms with Gasteiger partial charge in [-0.2, -0.15) is 26.3 Å². The van der Waals surface area contributed by atoms with Crippen LogP contribution in [0.3, 0.4) is 0 Å². The molecule has 0 N–H and O–H groups in total. The summed E-state index contributed by atoms with van der Waals surface area (Å²) < 4.78 is 114. The predicted octanol–water partition coefficient (Wildman–Crippen LogP) is 5.42. The molecule has 1 aromatic heterocycles. The minimum atomic E-state index is -5.00. The van der Waals surface area contributed by atoms with Gasteiger partial charge in [0, 0.05) is 26.2 Å². The lowest BCUT2D eigenvalue weighted by atomic mass is 10.0. The molecule has 0 amide bonds. The first-order chi connectivity index (χ1) is 20.4.